The van der Waals surface area contributed by atoms with E-state index >= 15 is 0 Å². The van der Waals surface area contributed by atoms with Gasteiger partial charge in [-0.1, -0.05) is 13.8 Å². The second-order valence-corrected chi connectivity index (χ2v) is 9.12. The maximum atomic E-state index is 11.7. The van der Waals surface area contributed by atoms with Crippen LogP contribution in [0.2, 0.25) is 0 Å². The van der Waals surface area contributed by atoms with E-state index < -0.39 is 10.0 Å². The molecule has 2 aliphatic rings. The summed E-state index contributed by atoms with van der Waals surface area (Å²) in [5, 5.41) is 3.56. The topological polar surface area (TPSA) is 49.4 Å². The smallest absolute Gasteiger partial charge is 0.211 e. The molecular formula is C15H30N2O2S. The van der Waals surface area contributed by atoms with E-state index in [4.69, 9.17) is 0 Å². The van der Waals surface area contributed by atoms with Crippen molar-refractivity contribution in [2.75, 3.05) is 25.9 Å². The van der Waals surface area contributed by atoms with Crippen molar-refractivity contribution in [3.05, 3.63) is 0 Å². The van der Waals surface area contributed by atoms with E-state index in [9.17, 15) is 8.42 Å². The standard InChI is InChI=1S/C15H30N2O2S/c1-4-16-14-7-8-15(2,11-14)10-13-6-5-9-17(12-13)20(3,18)19/h13-14,16H,4-12H2,1-3H3. The third kappa shape index (κ3) is 4.18. The number of rotatable bonds is 5. The molecule has 1 N–H and O–H groups in total. The molecule has 2 rings (SSSR count). The Kier molecular flexibility index (Phi) is 5.14. The summed E-state index contributed by atoms with van der Waals surface area (Å²) < 4.78 is 25.1. The first-order chi connectivity index (χ1) is 9.32. The highest BCUT2D eigenvalue weighted by atomic mass is 32.2. The molecule has 118 valence electrons. The second kappa shape index (κ2) is 6.32. The molecule has 0 aromatic heterocycles. The fourth-order valence-corrected chi connectivity index (χ4v) is 5.10. The van der Waals surface area contributed by atoms with Crippen LogP contribution in [0.15, 0.2) is 0 Å². The van der Waals surface area contributed by atoms with Crippen LogP contribution in [0.25, 0.3) is 0 Å². The lowest BCUT2D eigenvalue weighted by Gasteiger charge is -2.36. The number of hydrogen-bond acceptors (Lipinski definition) is 3. The Bertz CT molecular complexity index is 424. The van der Waals surface area contributed by atoms with Crippen LogP contribution in [-0.4, -0.2) is 44.7 Å². The van der Waals surface area contributed by atoms with Gasteiger partial charge in [-0.05, 0) is 56.4 Å². The van der Waals surface area contributed by atoms with Crippen molar-refractivity contribution in [1.29, 1.82) is 0 Å². The molecule has 4 nitrogen and oxygen atoms in total. The summed E-state index contributed by atoms with van der Waals surface area (Å²) in [5.74, 6) is 0.545. The Morgan fingerprint density at radius 2 is 2.10 bits per heavy atom. The first-order valence-corrected chi connectivity index (χ1v) is 9.86. The van der Waals surface area contributed by atoms with E-state index in [1.54, 1.807) is 4.31 Å². The lowest BCUT2D eigenvalue weighted by atomic mass is 9.77. The van der Waals surface area contributed by atoms with Crippen molar-refractivity contribution in [1.82, 2.24) is 9.62 Å². The van der Waals surface area contributed by atoms with Crippen LogP contribution in [0.1, 0.15) is 52.4 Å². The highest BCUT2D eigenvalue weighted by Gasteiger charge is 2.38. The van der Waals surface area contributed by atoms with Crippen molar-refractivity contribution in [2.24, 2.45) is 11.3 Å². The summed E-state index contributed by atoms with van der Waals surface area (Å²) >= 11 is 0. The molecule has 3 atom stereocenters. The van der Waals surface area contributed by atoms with E-state index in [1.807, 2.05) is 0 Å². The molecule has 1 saturated heterocycles. The third-order valence-electron chi connectivity index (χ3n) is 5.06. The van der Waals surface area contributed by atoms with Crippen molar-refractivity contribution >= 4 is 10.0 Å². The van der Waals surface area contributed by atoms with Gasteiger partial charge in [0.25, 0.3) is 0 Å². The summed E-state index contributed by atoms with van der Waals surface area (Å²) in [6.45, 7) is 7.06. The zero-order chi connectivity index (χ0) is 14.8. The minimum absolute atomic E-state index is 0.401. The van der Waals surface area contributed by atoms with Crippen LogP contribution in [0.5, 0.6) is 0 Å². The molecule has 0 bridgehead atoms. The zero-order valence-electron chi connectivity index (χ0n) is 13.2. The van der Waals surface area contributed by atoms with E-state index in [-0.39, 0.29) is 0 Å². The number of piperidine rings is 1. The Labute approximate surface area is 124 Å². The molecule has 1 saturated carbocycles. The molecule has 5 heteroatoms. The number of sulfonamides is 1. The Balaban J connectivity index is 1.90. The molecule has 0 aromatic carbocycles. The molecule has 0 radical (unpaired) electrons. The lowest BCUT2D eigenvalue weighted by molar-refractivity contribution is 0.178. The van der Waals surface area contributed by atoms with E-state index in [0.717, 1.165) is 19.5 Å². The van der Waals surface area contributed by atoms with Gasteiger partial charge in [-0.25, -0.2) is 12.7 Å². The SMILES string of the molecule is CCNC1CCC(C)(CC2CCCN(S(C)(=O)=O)C2)C1. The van der Waals surface area contributed by atoms with E-state index in [2.05, 4.69) is 19.2 Å². The van der Waals surface area contributed by atoms with Gasteiger partial charge in [0.05, 0.1) is 6.26 Å². The second-order valence-electron chi connectivity index (χ2n) is 7.14. The predicted octanol–water partition coefficient (Wildman–Crippen LogP) is 2.22. The molecule has 1 aliphatic heterocycles. The van der Waals surface area contributed by atoms with Gasteiger partial charge in [-0.2, -0.15) is 0 Å². The Morgan fingerprint density at radius 1 is 1.35 bits per heavy atom. The minimum atomic E-state index is -3.01. The van der Waals surface area contributed by atoms with Crippen molar-refractivity contribution in [2.45, 2.75) is 58.4 Å². The molecule has 3 unspecified atom stereocenters. The van der Waals surface area contributed by atoms with Crippen LogP contribution >= 0.6 is 0 Å². The highest BCUT2D eigenvalue weighted by Crippen LogP contribution is 2.44. The van der Waals surface area contributed by atoms with Crippen LogP contribution in [0, 0.1) is 11.3 Å². The lowest BCUT2D eigenvalue weighted by Crippen LogP contribution is -2.40. The molecule has 0 amide bonds. The van der Waals surface area contributed by atoms with Crippen LogP contribution in [0.4, 0.5) is 0 Å². The van der Waals surface area contributed by atoms with Gasteiger partial charge in [0.1, 0.15) is 0 Å². The Hall–Kier alpha value is -0.130. The fourth-order valence-electron chi connectivity index (χ4n) is 4.16. The van der Waals surface area contributed by atoms with Crippen LogP contribution in [0.3, 0.4) is 0 Å². The monoisotopic (exact) mass is 302 g/mol. The van der Waals surface area contributed by atoms with Crippen molar-refractivity contribution in [3.8, 4) is 0 Å². The highest BCUT2D eigenvalue weighted by molar-refractivity contribution is 7.88. The van der Waals surface area contributed by atoms with Gasteiger partial charge in [0.2, 0.25) is 10.0 Å². The number of nitrogens with zero attached hydrogens (tertiary/aromatic N) is 1. The predicted molar refractivity (Wildman–Crippen MR) is 83.2 cm³/mol. The summed E-state index contributed by atoms with van der Waals surface area (Å²) in [6.07, 6.45) is 8.52. The minimum Gasteiger partial charge on any atom is -0.314 e. The maximum absolute atomic E-state index is 11.7. The van der Waals surface area contributed by atoms with Gasteiger partial charge in [0.15, 0.2) is 0 Å². The van der Waals surface area contributed by atoms with Crippen molar-refractivity contribution < 1.29 is 8.42 Å². The summed E-state index contributed by atoms with van der Waals surface area (Å²) in [5.41, 5.74) is 0.401. The van der Waals surface area contributed by atoms with Crippen LogP contribution < -0.4 is 5.32 Å². The van der Waals surface area contributed by atoms with Gasteiger partial charge in [0, 0.05) is 19.1 Å². The van der Waals surface area contributed by atoms with Crippen molar-refractivity contribution in [3.63, 3.8) is 0 Å². The van der Waals surface area contributed by atoms with E-state index in [1.165, 1.54) is 38.4 Å². The van der Waals surface area contributed by atoms with Gasteiger partial charge >= 0.3 is 0 Å². The number of hydrogen-bond donors (Lipinski definition) is 1. The first kappa shape index (κ1) is 16.2. The fraction of sp³-hybridized carbons (Fsp3) is 1.00. The molecule has 1 heterocycles. The van der Waals surface area contributed by atoms with Gasteiger partial charge in [-0.3, -0.25) is 0 Å². The molecule has 0 spiro atoms. The van der Waals surface area contributed by atoms with Crippen LogP contribution in [-0.2, 0) is 10.0 Å². The number of nitrogens with one attached hydrogen (secondary N) is 1. The molecule has 2 fully saturated rings. The molecule has 20 heavy (non-hydrogen) atoms. The van der Waals surface area contributed by atoms with Gasteiger partial charge < -0.3 is 5.32 Å². The third-order valence-corrected chi connectivity index (χ3v) is 6.33. The molecular weight excluding hydrogens is 272 g/mol. The maximum Gasteiger partial charge on any atom is 0.211 e. The molecule has 0 aromatic rings. The zero-order valence-corrected chi connectivity index (χ0v) is 14.0. The first-order valence-electron chi connectivity index (χ1n) is 8.01. The summed E-state index contributed by atoms with van der Waals surface area (Å²) in [4.78, 5) is 0. The summed E-state index contributed by atoms with van der Waals surface area (Å²) in [7, 11) is -3.01. The summed E-state index contributed by atoms with van der Waals surface area (Å²) in [6, 6.07) is 0.666. The van der Waals surface area contributed by atoms with E-state index in [0.29, 0.717) is 23.9 Å². The quantitative estimate of drug-likeness (QED) is 0.847. The average Bonchev–Trinajstić information content (AvgIpc) is 2.70. The normalized spacial score (nSPS) is 36.4. The van der Waals surface area contributed by atoms with Gasteiger partial charge in [-0.15, -0.1) is 0 Å². The molecule has 1 aliphatic carbocycles. The Morgan fingerprint density at radius 3 is 2.75 bits per heavy atom. The average molecular weight is 302 g/mol. The largest absolute Gasteiger partial charge is 0.314 e.